The van der Waals surface area contributed by atoms with Crippen molar-refractivity contribution in [3.63, 3.8) is 0 Å². The first-order chi connectivity index (χ1) is 8.41. The molecular weight excluding hydrogens is 259 g/mol. The predicted molar refractivity (Wildman–Crippen MR) is 86.2 cm³/mol. The topological polar surface area (TPSA) is 0 Å². The number of hydrogen-bond donors (Lipinski definition) is 0. The first kappa shape index (κ1) is 21.0. The molecule has 0 N–H and O–H groups in total. The minimum Gasteiger partial charge on any atom is -1.00 e. The molecule has 0 saturated heterocycles. The number of halogens is 1. The van der Waals surface area contributed by atoms with E-state index in [2.05, 4.69) is 13.8 Å². The van der Waals surface area contributed by atoms with Gasteiger partial charge in [-0.05, 0) is 34.3 Å². The second kappa shape index (κ2) is 20.0. The Kier molecular flexibility index (Phi) is 23.4. The van der Waals surface area contributed by atoms with Gasteiger partial charge in [0, 0.05) is 0 Å². The second-order valence-corrected chi connectivity index (χ2v) is 7.13. The fourth-order valence-corrected chi connectivity index (χ4v) is 3.73. The van der Waals surface area contributed by atoms with Crippen LogP contribution in [-0.2, 0) is 0 Å². The molecule has 0 amide bonds. The van der Waals surface area contributed by atoms with Gasteiger partial charge >= 0.3 is 0 Å². The molecule has 0 aliphatic rings. The van der Waals surface area contributed by atoms with E-state index in [1.807, 2.05) is 0 Å². The first-order valence-electron chi connectivity index (χ1n) is 8.23. The van der Waals surface area contributed by atoms with Crippen molar-refractivity contribution < 1.29 is 12.4 Å². The summed E-state index contributed by atoms with van der Waals surface area (Å²) in [5.74, 6) is 0. The normalized spacial score (nSPS) is 10.3. The summed E-state index contributed by atoms with van der Waals surface area (Å²) in [5, 5.41) is 0. The Balaban J connectivity index is 0. The Morgan fingerprint density at radius 2 is 0.833 bits per heavy atom. The van der Waals surface area contributed by atoms with Crippen molar-refractivity contribution in [2.24, 2.45) is 0 Å². The maximum atomic E-state index is 2.30. The molecule has 0 aromatic heterocycles. The third-order valence-electron chi connectivity index (χ3n) is 3.52. The lowest BCUT2D eigenvalue weighted by atomic mass is 10.1. The van der Waals surface area contributed by atoms with Crippen LogP contribution in [0.3, 0.4) is 0 Å². The van der Waals surface area contributed by atoms with Crippen LogP contribution in [-0.4, -0.2) is 12.3 Å². The lowest BCUT2D eigenvalue weighted by Gasteiger charge is -1.99. The number of rotatable bonds is 14. The maximum Gasteiger partial charge on any atom is 0.0549 e. The molecule has 0 aliphatic carbocycles. The van der Waals surface area contributed by atoms with Gasteiger partial charge in [-0.1, -0.05) is 65.2 Å². The Hall–Kier alpha value is 0.720. The van der Waals surface area contributed by atoms with Gasteiger partial charge in [-0.25, -0.2) is 0 Å². The Morgan fingerprint density at radius 1 is 0.500 bits per heavy atom. The number of hydrogen-bond acceptors (Lipinski definition) is 0. The van der Waals surface area contributed by atoms with Crippen LogP contribution in [0.15, 0.2) is 0 Å². The summed E-state index contributed by atoms with van der Waals surface area (Å²) in [7, 11) is 0.794. The summed E-state index contributed by atoms with van der Waals surface area (Å²) in [5.41, 5.74) is 0. The standard InChI is InChI=1S/C16H35P.ClH/c1-3-5-7-9-11-13-15-17-16-14-12-10-8-6-4-2;/h17H,3-16H2,1-2H3;1H. The summed E-state index contributed by atoms with van der Waals surface area (Å²) >= 11 is 0. The average molecular weight is 295 g/mol. The Labute approximate surface area is 124 Å². The molecular formula is C16H36ClP. The van der Waals surface area contributed by atoms with Gasteiger partial charge < -0.3 is 12.4 Å². The summed E-state index contributed by atoms with van der Waals surface area (Å²) in [6, 6.07) is 0. The van der Waals surface area contributed by atoms with Gasteiger partial charge in [-0.15, -0.1) is 0 Å². The summed E-state index contributed by atoms with van der Waals surface area (Å²) in [6.07, 6.45) is 20.8. The zero-order valence-corrected chi connectivity index (χ0v) is 14.8. The van der Waals surface area contributed by atoms with Crippen LogP contribution < -0.4 is 12.4 Å². The minimum atomic E-state index is 0. The van der Waals surface area contributed by atoms with Crippen molar-refractivity contribution in [1.82, 2.24) is 0 Å². The molecule has 0 aromatic carbocycles. The number of unbranched alkanes of at least 4 members (excludes halogenated alkanes) is 10. The lowest BCUT2D eigenvalue weighted by Crippen LogP contribution is -3.00. The zero-order valence-electron chi connectivity index (χ0n) is 12.9. The van der Waals surface area contributed by atoms with Crippen LogP contribution in [0.25, 0.3) is 0 Å². The van der Waals surface area contributed by atoms with E-state index < -0.39 is 0 Å². The summed E-state index contributed by atoms with van der Waals surface area (Å²) in [4.78, 5) is 0. The molecule has 0 unspecified atom stereocenters. The quantitative estimate of drug-likeness (QED) is 0.341. The van der Waals surface area contributed by atoms with Gasteiger partial charge in [0.2, 0.25) is 0 Å². The smallest absolute Gasteiger partial charge is 0.0549 e. The van der Waals surface area contributed by atoms with Crippen molar-refractivity contribution in [2.75, 3.05) is 12.3 Å². The SMILES string of the molecule is CCCCCCCC[PH2+]CCCCCCCC.[Cl-]. The molecule has 0 radical (unpaired) electrons. The molecule has 112 valence electrons. The van der Waals surface area contributed by atoms with E-state index in [1.165, 1.54) is 77.0 Å². The van der Waals surface area contributed by atoms with Gasteiger partial charge in [-0.3, -0.25) is 0 Å². The van der Waals surface area contributed by atoms with Crippen LogP contribution in [0.2, 0.25) is 0 Å². The molecule has 0 atom stereocenters. The van der Waals surface area contributed by atoms with Crippen molar-refractivity contribution in [1.29, 1.82) is 0 Å². The maximum absolute atomic E-state index is 2.30. The zero-order chi connectivity index (χ0) is 12.6. The highest BCUT2D eigenvalue weighted by molar-refractivity contribution is 7.37. The Morgan fingerprint density at radius 3 is 1.22 bits per heavy atom. The van der Waals surface area contributed by atoms with Gasteiger partial charge in [0.15, 0.2) is 0 Å². The molecule has 0 rings (SSSR count). The molecule has 0 aromatic rings. The minimum absolute atomic E-state index is 0. The predicted octanol–water partition coefficient (Wildman–Crippen LogP) is 3.12. The van der Waals surface area contributed by atoms with Crippen LogP contribution in [0, 0.1) is 0 Å². The van der Waals surface area contributed by atoms with E-state index >= 15 is 0 Å². The van der Waals surface area contributed by atoms with Gasteiger partial charge in [-0.2, -0.15) is 0 Å². The molecule has 0 nitrogen and oxygen atoms in total. The third-order valence-corrected chi connectivity index (χ3v) is 5.16. The van der Waals surface area contributed by atoms with Crippen molar-refractivity contribution in [3.05, 3.63) is 0 Å². The van der Waals surface area contributed by atoms with Crippen molar-refractivity contribution in [3.8, 4) is 0 Å². The molecule has 0 spiro atoms. The molecule has 0 fully saturated rings. The van der Waals surface area contributed by atoms with E-state index in [0.717, 1.165) is 8.58 Å². The van der Waals surface area contributed by atoms with Crippen LogP contribution in [0.4, 0.5) is 0 Å². The summed E-state index contributed by atoms with van der Waals surface area (Å²) in [6.45, 7) is 4.59. The van der Waals surface area contributed by atoms with E-state index in [-0.39, 0.29) is 12.4 Å². The van der Waals surface area contributed by atoms with E-state index in [1.54, 1.807) is 12.3 Å². The van der Waals surface area contributed by atoms with Crippen molar-refractivity contribution in [2.45, 2.75) is 90.9 Å². The molecule has 0 heterocycles. The second-order valence-electron chi connectivity index (χ2n) is 5.40. The van der Waals surface area contributed by atoms with E-state index in [9.17, 15) is 0 Å². The van der Waals surface area contributed by atoms with Gasteiger partial charge in [0.25, 0.3) is 0 Å². The molecule has 18 heavy (non-hydrogen) atoms. The van der Waals surface area contributed by atoms with E-state index in [4.69, 9.17) is 0 Å². The van der Waals surface area contributed by atoms with Gasteiger partial charge in [0.05, 0.1) is 12.3 Å². The first-order valence-corrected chi connectivity index (χ1v) is 9.86. The molecule has 2 heteroatoms. The highest BCUT2D eigenvalue weighted by Gasteiger charge is 1.97. The van der Waals surface area contributed by atoms with Crippen molar-refractivity contribution >= 4 is 8.58 Å². The third kappa shape index (κ3) is 19.1. The molecule has 0 saturated carbocycles. The molecule has 0 aliphatic heterocycles. The lowest BCUT2D eigenvalue weighted by molar-refractivity contribution is -0.00000381. The van der Waals surface area contributed by atoms with Crippen LogP contribution >= 0.6 is 8.58 Å². The monoisotopic (exact) mass is 294 g/mol. The van der Waals surface area contributed by atoms with Crippen LogP contribution in [0.5, 0.6) is 0 Å². The molecule has 0 bridgehead atoms. The largest absolute Gasteiger partial charge is 1.00 e. The van der Waals surface area contributed by atoms with E-state index in [0.29, 0.717) is 0 Å². The van der Waals surface area contributed by atoms with Crippen LogP contribution in [0.1, 0.15) is 90.9 Å². The summed E-state index contributed by atoms with van der Waals surface area (Å²) < 4.78 is 0. The van der Waals surface area contributed by atoms with Gasteiger partial charge in [0.1, 0.15) is 0 Å². The Bertz CT molecular complexity index is 114. The average Bonchev–Trinajstić information content (AvgIpc) is 2.35. The highest BCUT2D eigenvalue weighted by atomic mass is 35.5. The fraction of sp³-hybridized carbons (Fsp3) is 1.00. The highest BCUT2D eigenvalue weighted by Crippen LogP contribution is 2.17. The fourth-order valence-electron chi connectivity index (χ4n) is 2.28.